The highest BCUT2D eigenvalue weighted by Crippen LogP contribution is 2.30. The van der Waals surface area contributed by atoms with E-state index in [9.17, 15) is 18.0 Å². The monoisotopic (exact) mass is 272 g/mol. The lowest BCUT2D eigenvalue weighted by molar-refractivity contribution is -0.137. The number of amides is 1. The zero-order chi connectivity index (χ0) is 14.5. The van der Waals surface area contributed by atoms with Gasteiger partial charge in [0.25, 0.3) is 0 Å². The number of hydrogen-bond donors (Lipinski definition) is 1. The molecule has 0 radical (unpaired) electrons. The summed E-state index contributed by atoms with van der Waals surface area (Å²) in [7, 11) is 0. The highest BCUT2D eigenvalue weighted by atomic mass is 19.4. The largest absolute Gasteiger partial charge is 0.417 e. The van der Waals surface area contributed by atoms with Gasteiger partial charge in [0.2, 0.25) is 5.91 Å². The van der Waals surface area contributed by atoms with E-state index in [1.165, 1.54) is 18.2 Å². The van der Waals surface area contributed by atoms with Crippen molar-refractivity contribution in [1.29, 1.82) is 0 Å². The van der Waals surface area contributed by atoms with E-state index in [4.69, 9.17) is 0 Å². The van der Waals surface area contributed by atoms with Gasteiger partial charge in [-0.25, -0.2) is 5.43 Å². The number of nitrogens with one attached hydrogen (secondary N) is 1. The highest BCUT2D eigenvalue weighted by molar-refractivity contribution is 5.84. The summed E-state index contributed by atoms with van der Waals surface area (Å²) < 4.78 is 38.0. The van der Waals surface area contributed by atoms with Crippen LogP contribution in [0.1, 0.15) is 31.4 Å². The molecule has 0 unspecified atom stereocenters. The maximum absolute atomic E-state index is 12.7. The number of halogens is 3. The number of nitrogens with zero attached hydrogens (tertiary/aromatic N) is 1. The number of carbonyl (C=O) groups excluding carboxylic acids is 1. The molecule has 1 aromatic rings. The average molecular weight is 272 g/mol. The molecule has 19 heavy (non-hydrogen) atoms. The number of rotatable bonds is 4. The predicted octanol–water partition coefficient (Wildman–Crippen LogP) is 3.20. The number of carbonyl (C=O) groups is 1. The first-order chi connectivity index (χ1) is 8.80. The third-order valence-electron chi connectivity index (χ3n) is 2.25. The molecule has 0 aliphatic carbocycles. The van der Waals surface area contributed by atoms with Gasteiger partial charge in [0, 0.05) is 12.0 Å². The molecule has 0 aliphatic heterocycles. The van der Waals surface area contributed by atoms with Gasteiger partial charge in [-0.1, -0.05) is 32.0 Å². The molecule has 0 saturated heterocycles. The maximum Gasteiger partial charge on any atom is 0.417 e. The number of hydrogen-bond acceptors (Lipinski definition) is 2. The van der Waals surface area contributed by atoms with Crippen molar-refractivity contribution in [3.05, 3.63) is 35.4 Å². The number of hydrazone groups is 1. The van der Waals surface area contributed by atoms with Gasteiger partial charge in [-0.2, -0.15) is 18.3 Å². The van der Waals surface area contributed by atoms with Gasteiger partial charge in [-0.3, -0.25) is 4.79 Å². The summed E-state index contributed by atoms with van der Waals surface area (Å²) in [5.41, 5.74) is 1.34. The van der Waals surface area contributed by atoms with Crippen LogP contribution < -0.4 is 5.43 Å². The minimum absolute atomic E-state index is 0.0835. The Morgan fingerprint density at radius 2 is 2.00 bits per heavy atom. The van der Waals surface area contributed by atoms with Gasteiger partial charge >= 0.3 is 6.18 Å². The fraction of sp³-hybridized carbons (Fsp3) is 0.385. The first kappa shape index (κ1) is 15.2. The van der Waals surface area contributed by atoms with Crippen LogP contribution in [-0.2, 0) is 11.0 Å². The zero-order valence-electron chi connectivity index (χ0n) is 10.7. The third-order valence-corrected chi connectivity index (χ3v) is 2.25. The van der Waals surface area contributed by atoms with Crippen molar-refractivity contribution in [1.82, 2.24) is 5.43 Å². The molecule has 0 saturated carbocycles. The van der Waals surface area contributed by atoms with E-state index in [0.29, 0.717) is 0 Å². The van der Waals surface area contributed by atoms with Crippen molar-refractivity contribution in [2.45, 2.75) is 26.4 Å². The summed E-state index contributed by atoms with van der Waals surface area (Å²) in [5, 5.41) is 3.54. The molecule has 0 fully saturated rings. The molecule has 0 aromatic heterocycles. The minimum Gasteiger partial charge on any atom is -0.273 e. The number of benzene rings is 1. The molecule has 1 amide bonds. The topological polar surface area (TPSA) is 41.5 Å². The molecular weight excluding hydrogens is 257 g/mol. The molecular formula is C13H15F3N2O. The molecule has 0 atom stereocenters. The standard InChI is InChI=1S/C13H15F3N2O/c1-9(2)7-12(19)18-17-8-10-5-3-4-6-11(10)13(14,15)16/h3-6,8-9H,7H2,1-2H3,(H,18,19)/b17-8+. The lowest BCUT2D eigenvalue weighted by Gasteiger charge is -2.09. The summed E-state index contributed by atoms with van der Waals surface area (Å²) in [4.78, 5) is 11.3. The molecule has 1 aromatic carbocycles. The van der Waals surface area contributed by atoms with Gasteiger partial charge < -0.3 is 0 Å². The van der Waals surface area contributed by atoms with Crippen molar-refractivity contribution in [2.75, 3.05) is 0 Å². The van der Waals surface area contributed by atoms with Crippen molar-refractivity contribution in [2.24, 2.45) is 11.0 Å². The normalized spacial score (nSPS) is 12.1. The Labute approximate surface area is 109 Å². The zero-order valence-corrected chi connectivity index (χ0v) is 10.7. The predicted molar refractivity (Wildman–Crippen MR) is 66.6 cm³/mol. The summed E-state index contributed by atoms with van der Waals surface area (Å²) in [6, 6.07) is 5.04. The molecule has 104 valence electrons. The maximum atomic E-state index is 12.7. The van der Waals surface area contributed by atoms with E-state index in [0.717, 1.165) is 12.3 Å². The van der Waals surface area contributed by atoms with Gasteiger partial charge in [0.1, 0.15) is 0 Å². The summed E-state index contributed by atoms with van der Waals surface area (Å²) in [5.74, 6) is -0.159. The van der Waals surface area contributed by atoms with E-state index >= 15 is 0 Å². The number of alkyl halides is 3. The second-order valence-corrected chi connectivity index (χ2v) is 4.48. The smallest absolute Gasteiger partial charge is 0.273 e. The Morgan fingerprint density at radius 1 is 1.37 bits per heavy atom. The molecule has 3 nitrogen and oxygen atoms in total. The van der Waals surface area contributed by atoms with Crippen LogP contribution in [0.5, 0.6) is 0 Å². The molecule has 0 spiro atoms. The van der Waals surface area contributed by atoms with Crippen molar-refractivity contribution < 1.29 is 18.0 Å². The third kappa shape index (κ3) is 5.11. The van der Waals surface area contributed by atoms with Crippen LogP contribution in [0.25, 0.3) is 0 Å². The fourth-order valence-corrected chi connectivity index (χ4v) is 1.46. The molecule has 6 heteroatoms. The van der Waals surface area contributed by atoms with Crippen molar-refractivity contribution >= 4 is 12.1 Å². The second-order valence-electron chi connectivity index (χ2n) is 4.48. The fourth-order valence-electron chi connectivity index (χ4n) is 1.46. The molecule has 0 heterocycles. The van der Waals surface area contributed by atoms with Crippen LogP contribution in [0.3, 0.4) is 0 Å². The van der Waals surface area contributed by atoms with E-state index in [1.54, 1.807) is 0 Å². The molecule has 0 bridgehead atoms. The Kier molecular flexibility index (Phi) is 5.09. The molecule has 1 N–H and O–H groups in total. The molecule has 1 rings (SSSR count). The minimum atomic E-state index is -4.44. The average Bonchev–Trinajstić information content (AvgIpc) is 2.27. The van der Waals surface area contributed by atoms with E-state index in [-0.39, 0.29) is 23.8 Å². The van der Waals surface area contributed by atoms with Gasteiger partial charge in [0.05, 0.1) is 11.8 Å². The lowest BCUT2D eigenvalue weighted by atomic mass is 10.1. The van der Waals surface area contributed by atoms with E-state index < -0.39 is 11.7 Å². The summed E-state index contributed by atoms with van der Waals surface area (Å²) in [6.45, 7) is 3.73. The lowest BCUT2D eigenvalue weighted by Crippen LogP contribution is -2.19. The SMILES string of the molecule is CC(C)CC(=O)N/N=C/c1ccccc1C(F)(F)F. The van der Waals surface area contributed by atoms with Crippen LogP contribution >= 0.6 is 0 Å². The first-order valence-electron chi connectivity index (χ1n) is 5.79. The van der Waals surface area contributed by atoms with Gasteiger partial charge in [-0.05, 0) is 12.0 Å². The van der Waals surface area contributed by atoms with Crippen LogP contribution in [0.2, 0.25) is 0 Å². The first-order valence-corrected chi connectivity index (χ1v) is 5.79. The highest BCUT2D eigenvalue weighted by Gasteiger charge is 2.32. The summed E-state index contributed by atoms with van der Waals surface area (Å²) in [6.07, 6.45) is -3.16. The Hall–Kier alpha value is -1.85. The van der Waals surface area contributed by atoms with Crippen LogP contribution in [0.4, 0.5) is 13.2 Å². The Balaban J connectivity index is 2.75. The van der Waals surface area contributed by atoms with E-state index in [2.05, 4.69) is 10.5 Å². The van der Waals surface area contributed by atoms with Crippen LogP contribution in [0, 0.1) is 5.92 Å². The quantitative estimate of drug-likeness (QED) is 0.663. The Bertz CT molecular complexity index is 467. The van der Waals surface area contributed by atoms with Crippen molar-refractivity contribution in [3.63, 3.8) is 0 Å². The van der Waals surface area contributed by atoms with E-state index in [1.807, 2.05) is 13.8 Å². The van der Waals surface area contributed by atoms with Gasteiger partial charge in [-0.15, -0.1) is 0 Å². The van der Waals surface area contributed by atoms with Crippen LogP contribution in [-0.4, -0.2) is 12.1 Å². The van der Waals surface area contributed by atoms with Gasteiger partial charge in [0.15, 0.2) is 0 Å². The molecule has 0 aliphatic rings. The van der Waals surface area contributed by atoms with Crippen molar-refractivity contribution in [3.8, 4) is 0 Å². The summed E-state index contributed by atoms with van der Waals surface area (Å²) >= 11 is 0. The second kappa shape index (κ2) is 6.36. The Morgan fingerprint density at radius 3 is 2.58 bits per heavy atom. The van der Waals surface area contributed by atoms with Crippen LogP contribution in [0.15, 0.2) is 29.4 Å².